The predicted octanol–water partition coefficient (Wildman–Crippen LogP) is 5.27. The van der Waals surface area contributed by atoms with Crippen LogP contribution < -0.4 is 10.6 Å². The zero-order valence-electron chi connectivity index (χ0n) is 17.0. The van der Waals surface area contributed by atoms with E-state index in [1.807, 2.05) is 48.5 Å². The van der Waals surface area contributed by atoms with E-state index in [9.17, 15) is 4.79 Å². The number of benzene rings is 2. The summed E-state index contributed by atoms with van der Waals surface area (Å²) in [7, 11) is 0. The Morgan fingerprint density at radius 2 is 1.69 bits per heavy atom. The highest BCUT2D eigenvalue weighted by molar-refractivity contribution is 5.89. The molecule has 0 aliphatic carbocycles. The monoisotopic (exact) mass is 390 g/mol. The highest BCUT2D eigenvalue weighted by Crippen LogP contribution is 2.23. The Labute approximate surface area is 171 Å². The van der Waals surface area contributed by atoms with Crippen molar-refractivity contribution in [1.29, 1.82) is 0 Å². The molecule has 2 aromatic carbocycles. The molecule has 0 bridgehead atoms. The summed E-state index contributed by atoms with van der Waals surface area (Å²) in [5.41, 5.74) is 2.29. The lowest BCUT2D eigenvalue weighted by Gasteiger charge is -2.15. The second-order valence-corrected chi connectivity index (χ2v) is 6.70. The number of hydrogen-bond acceptors (Lipinski definition) is 6. The van der Waals surface area contributed by atoms with Gasteiger partial charge in [-0.25, -0.2) is 14.8 Å². The minimum atomic E-state index is -0.326. The second-order valence-electron chi connectivity index (χ2n) is 6.70. The van der Waals surface area contributed by atoms with E-state index in [0.29, 0.717) is 29.9 Å². The SMILES string of the molecule is CCOC(=O)c1ccc(Nc2cc(NC(C)CC)nc(-c3ccccc3)n2)cc1. The summed E-state index contributed by atoms with van der Waals surface area (Å²) in [6.07, 6.45) is 0.989. The van der Waals surface area contributed by atoms with Gasteiger partial charge >= 0.3 is 5.97 Å². The molecule has 1 atom stereocenters. The van der Waals surface area contributed by atoms with E-state index in [0.717, 1.165) is 23.5 Å². The van der Waals surface area contributed by atoms with Crippen LogP contribution in [0.2, 0.25) is 0 Å². The third-order valence-corrected chi connectivity index (χ3v) is 4.43. The lowest BCUT2D eigenvalue weighted by atomic mass is 10.2. The molecule has 0 radical (unpaired) electrons. The number of ether oxygens (including phenoxy) is 1. The lowest BCUT2D eigenvalue weighted by molar-refractivity contribution is 0.0526. The van der Waals surface area contributed by atoms with Crippen molar-refractivity contribution in [2.24, 2.45) is 0 Å². The Morgan fingerprint density at radius 3 is 2.34 bits per heavy atom. The molecule has 0 fully saturated rings. The average molecular weight is 390 g/mol. The third kappa shape index (κ3) is 5.54. The summed E-state index contributed by atoms with van der Waals surface area (Å²) < 4.78 is 5.03. The smallest absolute Gasteiger partial charge is 0.338 e. The largest absolute Gasteiger partial charge is 0.462 e. The van der Waals surface area contributed by atoms with Crippen molar-refractivity contribution in [3.05, 3.63) is 66.2 Å². The predicted molar refractivity (Wildman–Crippen MR) is 117 cm³/mol. The van der Waals surface area contributed by atoms with Crippen molar-refractivity contribution in [3.63, 3.8) is 0 Å². The van der Waals surface area contributed by atoms with E-state index in [4.69, 9.17) is 4.74 Å². The van der Waals surface area contributed by atoms with Crippen molar-refractivity contribution in [3.8, 4) is 11.4 Å². The van der Waals surface area contributed by atoms with Crippen molar-refractivity contribution in [2.45, 2.75) is 33.2 Å². The summed E-state index contributed by atoms with van der Waals surface area (Å²) in [6, 6.07) is 19.2. The normalized spacial score (nSPS) is 11.6. The molecule has 0 saturated carbocycles. The molecule has 3 aromatic rings. The van der Waals surface area contributed by atoms with Gasteiger partial charge in [0.15, 0.2) is 5.82 Å². The van der Waals surface area contributed by atoms with Gasteiger partial charge in [0.05, 0.1) is 12.2 Å². The number of nitrogens with zero attached hydrogens (tertiary/aromatic N) is 2. The van der Waals surface area contributed by atoms with Gasteiger partial charge in [0.2, 0.25) is 0 Å². The average Bonchev–Trinajstić information content (AvgIpc) is 2.75. The van der Waals surface area contributed by atoms with Gasteiger partial charge in [-0.2, -0.15) is 0 Å². The van der Waals surface area contributed by atoms with Gasteiger partial charge < -0.3 is 15.4 Å². The quantitative estimate of drug-likeness (QED) is 0.510. The number of esters is 1. The Kier molecular flexibility index (Phi) is 6.79. The van der Waals surface area contributed by atoms with Gasteiger partial charge in [0.25, 0.3) is 0 Å². The number of aromatic nitrogens is 2. The maximum Gasteiger partial charge on any atom is 0.338 e. The van der Waals surface area contributed by atoms with Crippen LogP contribution >= 0.6 is 0 Å². The fourth-order valence-corrected chi connectivity index (χ4v) is 2.71. The number of nitrogens with one attached hydrogen (secondary N) is 2. The first-order valence-corrected chi connectivity index (χ1v) is 9.84. The van der Waals surface area contributed by atoms with Crippen LogP contribution in [0.4, 0.5) is 17.3 Å². The van der Waals surface area contributed by atoms with E-state index in [1.54, 1.807) is 19.1 Å². The summed E-state index contributed by atoms with van der Waals surface area (Å²) >= 11 is 0. The van der Waals surface area contributed by atoms with Crippen LogP contribution in [0, 0.1) is 0 Å². The molecule has 29 heavy (non-hydrogen) atoms. The fraction of sp³-hybridized carbons (Fsp3) is 0.261. The zero-order chi connectivity index (χ0) is 20.6. The second kappa shape index (κ2) is 9.68. The van der Waals surface area contributed by atoms with Crippen LogP contribution in [0.3, 0.4) is 0 Å². The van der Waals surface area contributed by atoms with E-state index in [1.165, 1.54) is 0 Å². The number of hydrogen-bond donors (Lipinski definition) is 2. The molecule has 3 rings (SSSR count). The first-order valence-electron chi connectivity index (χ1n) is 9.84. The molecule has 1 heterocycles. The van der Waals surface area contributed by atoms with Gasteiger partial charge in [-0.3, -0.25) is 0 Å². The Bertz CT molecular complexity index is 943. The highest BCUT2D eigenvalue weighted by Gasteiger charge is 2.10. The summed E-state index contributed by atoms with van der Waals surface area (Å²) in [5, 5.41) is 6.71. The Hall–Kier alpha value is -3.41. The molecule has 0 aliphatic rings. The first-order chi connectivity index (χ1) is 14.1. The van der Waals surface area contributed by atoms with Gasteiger partial charge in [-0.15, -0.1) is 0 Å². The van der Waals surface area contributed by atoms with E-state index >= 15 is 0 Å². The minimum absolute atomic E-state index is 0.297. The fourth-order valence-electron chi connectivity index (χ4n) is 2.71. The molecule has 0 amide bonds. The van der Waals surface area contributed by atoms with Crippen LogP contribution in [0.15, 0.2) is 60.7 Å². The summed E-state index contributed by atoms with van der Waals surface area (Å²) in [5.74, 6) is 1.75. The molecular weight excluding hydrogens is 364 g/mol. The molecular formula is C23H26N4O2. The third-order valence-electron chi connectivity index (χ3n) is 4.43. The minimum Gasteiger partial charge on any atom is -0.462 e. The zero-order valence-corrected chi connectivity index (χ0v) is 17.0. The van der Waals surface area contributed by atoms with Crippen LogP contribution in [-0.2, 0) is 4.74 Å². The number of carbonyl (C=O) groups excluding carboxylic acids is 1. The van der Waals surface area contributed by atoms with E-state index < -0.39 is 0 Å². The molecule has 150 valence electrons. The van der Waals surface area contributed by atoms with Crippen LogP contribution in [0.5, 0.6) is 0 Å². The van der Waals surface area contributed by atoms with Crippen molar-refractivity contribution >= 4 is 23.3 Å². The van der Waals surface area contributed by atoms with Crippen molar-refractivity contribution < 1.29 is 9.53 Å². The van der Waals surface area contributed by atoms with Gasteiger partial charge in [0.1, 0.15) is 11.6 Å². The molecule has 6 nitrogen and oxygen atoms in total. The maximum absolute atomic E-state index is 11.8. The first kappa shape index (κ1) is 20.3. The number of anilines is 3. The van der Waals surface area contributed by atoms with Gasteiger partial charge in [0, 0.05) is 23.4 Å². The van der Waals surface area contributed by atoms with Crippen molar-refractivity contribution in [2.75, 3.05) is 17.2 Å². The Morgan fingerprint density at radius 1 is 1.00 bits per heavy atom. The van der Waals surface area contributed by atoms with E-state index in [2.05, 4.69) is 34.4 Å². The Balaban J connectivity index is 1.87. The highest BCUT2D eigenvalue weighted by atomic mass is 16.5. The van der Waals surface area contributed by atoms with Crippen molar-refractivity contribution in [1.82, 2.24) is 9.97 Å². The maximum atomic E-state index is 11.8. The van der Waals surface area contributed by atoms with Gasteiger partial charge in [-0.1, -0.05) is 37.3 Å². The molecule has 1 unspecified atom stereocenters. The summed E-state index contributed by atoms with van der Waals surface area (Å²) in [6.45, 7) is 6.39. The number of carbonyl (C=O) groups is 1. The standard InChI is InChI=1S/C23H26N4O2/c1-4-16(3)24-20-15-21(27-22(26-20)17-9-7-6-8-10-17)25-19-13-11-18(12-14-19)23(28)29-5-2/h6-16H,4-5H2,1-3H3,(H2,24,25,26,27). The van der Waals surface area contributed by atoms with Crippen LogP contribution in [0.25, 0.3) is 11.4 Å². The number of rotatable bonds is 8. The molecule has 0 aliphatic heterocycles. The van der Waals surface area contributed by atoms with Gasteiger partial charge in [-0.05, 0) is 44.5 Å². The lowest BCUT2D eigenvalue weighted by Crippen LogP contribution is -2.15. The summed E-state index contributed by atoms with van der Waals surface area (Å²) in [4.78, 5) is 21.2. The van der Waals surface area contributed by atoms with E-state index in [-0.39, 0.29) is 5.97 Å². The topological polar surface area (TPSA) is 76.1 Å². The molecule has 0 spiro atoms. The van der Waals surface area contributed by atoms with Crippen LogP contribution in [0.1, 0.15) is 37.6 Å². The molecule has 1 aromatic heterocycles. The molecule has 2 N–H and O–H groups in total. The molecule has 6 heteroatoms. The van der Waals surface area contributed by atoms with Crippen LogP contribution in [-0.4, -0.2) is 28.6 Å². The molecule has 0 saturated heterocycles.